The Kier molecular flexibility index (Phi) is 3.26. The van der Waals surface area contributed by atoms with Gasteiger partial charge in [-0.15, -0.1) is 11.3 Å². The number of rotatable bonds is 2. The maximum Gasteiger partial charge on any atom is 0.168 e. The van der Waals surface area contributed by atoms with Crippen molar-refractivity contribution >= 4 is 55.7 Å². The molecule has 3 nitrogen and oxygen atoms in total. The third-order valence-corrected chi connectivity index (χ3v) is 6.05. The van der Waals surface area contributed by atoms with E-state index in [2.05, 4.69) is 21.3 Å². The molecule has 3 heterocycles. The number of nitrogens with zero attached hydrogens (tertiary/aromatic N) is 2. The molecule has 1 aromatic heterocycles. The van der Waals surface area contributed by atoms with Crippen LogP contribution in [0, 0.1) is 0 Å². The highest BCUT2D eigenvalue weighted by Gasteiger charge is 2.35. The second-order valence-corrected chi connectivity index (χ2v) is 7.49. The lowest BCUT2D eigenvalue weighted by atomic mass is 10.0. The Hall–Kier alpha value is -1.01. The van der Waals surface area contributed by atoms with Crippen LogP contribution in [0.25, 0.3) is 15.8 Å². The standard InChI is InChI=1S/C15H13ClN2OS2/c1-8(19)14-13(18-4-3-17-15(18)21-14)11-6-9(16)7-12-10(11)2-5-20-12/h2,5-8,19H,3-4H2,1H3. The van der Waals surface area contributed by atoms with Gasteiger partial charge < -0.3 is 10.0 Å². The van der Waals surface area contributed by atoms with Crippen LogP contribution in [0.1, 0.15) is 12.5 Å². The molecule has 2 aliphatic rings. The van der Waals surface area contributed by atoms with Crippen molar-refractivity contribution in [3.8, 4) is 0 Å². The molecule has 2 aromatic rings. The summed E-state index contributed by atoms with van der Waals surface area (Å²) < 4.78 is 1.17. The fourth-order valence-corrected chi connectivity index (χ4v) is 5.06. The van der Waals surface area contributed by atoms with Gasteiger partial charge in [0.25, 0.3) is 0 Å². The van der Waals surface area contributed by atoms with Gasteiger partial charge in [-0.25, -0.2) is 0 Å². The molecule has 1 aromatic carbocycles. The zero-order valence-electron chi connectivity index (χ0n) is 11.3. The molecule has 0 fully saturated rings. The van der Waals surface area contributed by atoms with Crippen LogP contribution in [0.3, 0.4) is 0 Å². The first-order chi connectivity index (χ1) is 10.1. The lowest BCUT2D eigenvalue weighted by molar-refractivity contribution is 0.240. The summed E-state index contributed by atoms with van der Waals surface area (Å²) in [4.78, 5) is 7.68. The van der Waals surface area contributed by atoms with Crippen molar-refractivity contribution in [2.75, 3.05) is 13.1 Å². The number of thioether (sulfide) groups is 1. The van der Waals surface area contributed by atoms with Crippen molar-refractivity contribution in [3.05, 3.63) is 39.1 Å². The molecule has 0 amide bonds. The van der Waals surface area contributed by atoms with Crippen LogP contribution in [0.15, 0.2) is 33.5 Å². The van der Waals surface area contributed by atoms with E-state index in [4.69, 9.17) is 11.6 Å². The molecule has 1 N–H and O–H groups in total. The van der Waals surface area contributed by atoms with Crippen molar-refractivity contribution in [1.82, 2.24) is 4.90 Å². The van der Waals surface area contributed by atoms with E-state index < -0.39 is 6.10 Å². The van der Waals surface area contributed by atoms with E-state index >= 15 is 0 Å². The first-order valence-corrected chi connectivity index (χ1v) is 8.82. The minimum Gasteiger partial charge on any atom is -0.388 e. The van der Waals surface area contributed by atoms with Gasteiger partial charge in [-0.2, -0.15) is 0 Å². The van der Waals surface area contributed by atoms with Gasteiger partial charge in [0.05, 0.1) is 18.3 Å². The van der Waals surface area contributed by atoms with Gasteiger partial charge in [0.2, 0.25) is 0 Å². The molecule has 0 saturated carbocycles. The SMILES string of the molecule is CC(O)C1=C(c2cc(Cl)cc3sccc23)N2CCN=C2S1. The minimum absolute atomic E-state index is 0.508. The minimum atomic E-state index is -0.508. The molecular weight excluding hydrogens is 324 g/mol. The smallest absolute Gasteiger partial charge is 0.168 e. The fraction of sp³-hybridized carbons (Fsp3) is 0.267. The molecule has 21 heavy (non-hydrogen) atoms. The monoisotopic (exact) mass is 336 g/mol. The van der Waals surface area contributed by atoms with E-state index in [0.29, 0.717) is 0 Å². The summed E-state index contributed by atoms with van der Waals surface area (Å²) in [6.45, 7) is 3.48. The number of aliphatic imine (C=N–C) groups is 1. The summed E-state index contributed by atoms with van der Waals surface area (Å²) in [5, 5.41) is 15.1. The quantitative estimate of drug-likeness (QED) is 0.899. The van der Waals surface area contributed by atoms with Crippen LogP contribution in [0.2, 0.25) is 5.02 Å². The summed E-state index contributed by atoms with van der Waals surface area (Å²) in [5.41, 5.74) is 2.16. The first-order valence-electron chi connectivity index (χ1n) is 6.74. The van der Waals surface area contributed by atoms with Crippen molar-refractivity contribution in [1.29, 1.82) is 0 Å². The van der Waals surface area contributed by atoms with Crippen LogP contribution >= 0.6 is 34.7 Å². The van der Waals surface area contributed by atoms with Crippen molar-refractivity contribution in [2.24, 2.45) is 4.99 Å². The number of benzene rings is 1. The third-order valence-electron chi connectivity index (χ3n) is 3.68. The van der Waals surface area contributed by atoms with Crippen LogP contribution in [0.5, 0.6) is 0 Å². The van der Waals surface area contributed by atoms with E-state index in [1.165, 1.54) is 10.1 Å². The number of amidine groups is 1. The van der Waals surface area contributed by atoms with Crippen LogP contribution in [0.4, 0.5) is 0 Å². The van der Waals surface area contributed by atoms with Crippen molar-refractivity contribution < 1.29 is 5.11 Å². The number of aliphatic hydroxyl groups excluding tert-OH is 1. The Balaban J connectivity index is 1.99. The third kappa shape index (κ3) is 2.11. The Morgan fingerprint density at radius 1 is 1.43 bits per heavy atom. The van der Waals surface area contributed by atoms with Gasteiger partial charge in [-0.05, 0) is 30.5 Å². The van der Waals surface area contributed by atoms with E-state index in [1.54, 1.807) is 30.0 Å². The van der Waals surface area contributed by atoms with Gasteiger partial charge in [0, 0.05) is 32.1 Å². The summed E-state index contributed by atoms with van der Waals surface area (Å²) >= 11 is 9.55. The predicted molar refractivity (Wildman–Crippen MR) is 92.0 cm³/mol. The summed E-state index contributed by atoms with van der Waals surface area (Å²) in [5.74, 6) is 0. The molecule has 0 radical (unpaired) electrons. The number of hydrogen-bond acceptors (Lipinski definition) is 5. The lowest BCUT2D eigenvalue weighted by Crippen LogP contribution is -2.20. The number of aliphatic hydroxyl groups is 1. The Labute approximate surface area is 135 Å². The molecule has 2 aliphatic heterocycles. The highest BCUT2D eigenvalue weighted by Crippen LogP contribution is 2.45. The van der Waals surface area contributed by atoms with Crippen LogP contribution < -0.4 is 0 Å². The zero-order chi connectivity index (χ0) is 14.6. The van der Waals surface area contributed by atoms with Crippen molar-refractivity contribution in [3.63, 3.8) is 0 Å². The average molecular weight is 337 g/mol. The normalized spacial score (nSPS) is 19.4. The van der Waals surface area contributed by atoms with Gasteiger partial charge in [-0.1, -0.05) is 23.4 Å². The van der Waals surface area contributed by atoms with Crippen LogP contribution in [-0.2, 0) is 0 Å². The molecule has 1 atom stereocenters. The topological polar surface area (TPSA) is 35.8 Å². The second kappa shape index (κ2) is 5.02. The molecule has 1 unspecified atom stereocenters. The Morgan fingerprint density at radius 2 is 2.29 bits per heavy atom. The number of halogens is 1. The predicted octanol–water partition coefficient (Wildman–Crippen LogP) is 4.02. The largest absolute Gasteiger partial charge is 0.388 e. The number of hydrogen-bond donors (Lipinski definition) is 1. The molecular formula is C15H13ClN2OS2. The van der Waals surface area contributed by atoms with Crippen LogP contribution in [-0.4, -0.2) is 34.4 Å². The molecule has 4 rings (SSSR count). The maximum atomic E-state index is 10.1. The van der Waals surface area contributed by atoms with Crippen molar-refractivity contribution in [2.45, 2.75) is 13.0 Å². The first kappa shape index (κ1) is 13.6. The van der Waals surface area contributed by atoms with E-state index in [-0.39, 0.29) is 0 Å². The zero-order valence-corrected chi connectivity index (χ0v) is 13.7. The molecule has 0 spiro atoms. The fourth-order valence-electron chi connectivity index (χ4n) is 2.80. The summed E-state index contributed by atoms with van der Waals surface area (Å²) in [6.07, 6.45) is -0.508. The van der Waals surface area contributed by atoms with Gasteiger partial charge in [0.15, 0.2) is 5.17 Å². The Morgan fingerprint density at radius 3 is 3.10 bits per heavy atom. The highest BCUT2D eigenvalue weighted by molar-refractivity contribution is 8.17. The maximum absolute atomic E-state index is 10.1. The van der Waals surface area contributed by atoms with E-state index in [9.17, 15) is 5.11 Å². The molecule has 6 heteroatoms. The van der Waals surface area contributed by atoms with E-state index in [0.717, 1.165) is 39.4 Å². The van der Waals surface area contributed by atoms with Gasteiger partial charge in [0.1, 0.15) is 0 Å². The van der Waals surface area contributed by atoms with Gasteiger partial charge in [-0.3, -0.25) is 4.99 Å². The lowest BCUT2D eigenvalue weighted by Gasteiger charge is -2.19. The molecule has 0 saturated heterocycles. The summed E-state index contributed by atoms with van der Waals surface area (Å²) in [6, 6.07) is 6.11. The Bertz CT molecular complexity index is 794. The summed E-state index contributed by atoms with van der Waals surface area (Å²) in [7, 11) is 0. The van der Waals surface area contributed by atoms with Gasteiger partial charge >= 0.3 is 0 Å². The van der Waals surface area contributed by atoms with E-state index in [1.807, 2.05) is 12.1 Å². The second-order valence-electron chi connectivity index (χ2n) is 5.09. The molecule has 0 bridgehead atoms. The molecule has 108 valence electrons. The number of fused-ring (bicyclic) bond motifs is 2. The highest BCUT2D eigenvalue weighted by atomic mass is 35.5. The average Bonchev–Trinajstić information content (AvgIpc) is 3.11. The number of thiophene rings is 1. The molecule has 0 aliphatic carbocycles.